The smallest absolute Gasteiger partial charge is 0.262 e. The van der Waals surface area contributed by atoms with E-state index in [2.05, 4.69) is 10.6 Å². The zero-order chi connectivity index (χ0) is 17.6. The minimum Gasteiger partial charge on any atom is -0.350 e. The predicted molar refractivity (Wildman–Crippen MR) is 107 cm³/mol. The van der Waals surface area contributed by atoms with E-state index < -0.39 is 6.04 Å². The first-order valence-electron chi connectivity index (χ1n) is 8.56. The number of carbonyl (C=O) groups excluding carboxylic acids is 2. The monoisotopic (exact) mass is 393 g/mol. The number of nitrogens with two attached hydrogens (primary N) is 1. The molecule has 1 aliphatic carbocycles. The van der Waals surface area contributed by atoms with E-state index in [1.165, 1.54) is 11.3 Å². The Morgan fingerprint density at radius 3 is 2.42 bits per heavy atom. The standard InChI is InChI=1S/C19H23N3O2S.ClH/c20-12-16(14-8-9-14)22-18(23)15(11-13-5-2-1-3-6-13)21-19(24)17-7-4-10-25-17;/h1-7,10,14-16H,8-9,11-12,20H2,(H,21,24)(H,22,23);1H. The van der Waals surface area contributed by atoms with Crippen LogP contribution in [-0.4, -0.2) is 30.4 Å². The molecule has 4 N–H and O–H groups in total. The van der Waals surface area contributed by atoms with E-state index in [4.69, 9.17) is 5.73 Å². The van der Waals surface area contributed by atoms with E-state index in [0.29, 0.717) is 23.8 Å². The van der Waals surface area contributed by atoms with Gasteiger partial charge in [-0.3, -0.25) is 9.59 Å². The summed E-state index contributed by atoms with van der Waals surface area (Å²) in [6, 6.07) is 12.6. The third-order valence-electron chi connectivity index (χ3n) is 4.42. The fraction of sp³-hybridized carbons (Fsp3) is 0.368. The van der Waals surface area contributed by atoms with Crippen molar-refractivity contribution in [3.8, 4) is 0 Å². The van der Waals surface area contributed by atoms with Crippen LogP contribution < -0.4 is 16.4 Å². The van der Waals surface area contributed by atoms with Crippen LogP contribution in [0.3, 0.4) is 0 Å². The number of carbonyl (C=O) groups is 2. The largest absolute Gasteiger partial charge is 0.350 e. The molecule has 140 valence electrons. The summed E-state index contributed by atoms with van der Waals surface area (Å²) in [6.07, 6.45) is 2.66. The highest BCUT2D eigenvalue weighted by Crippen LogP contribution is 2.32. The summed E-state index contributed by atoms with van der Waals surface area (Å²) in [4.78, 5) is 25.8. The first-order valence-corrected chi connectivity index (χ1v) is 9.44. The van der Waals surface area contributed by atoms with Crippen molar-refractivity contribution in [1.29, 1.82) is 0 Å². The van der Waals surface area contributed by atoms with E-state index in [1.54, 1.807) is 6.07 Å². The molecule has 0 bridgehead atoms. The second-order valence-electron chi connectivity index (χ2n) is 6.38. The van der Waals surface area contributed by atoms with Gasteiger partial charge in [0.05, 0.1) is 4.88 Å². The average molecular weight is 394 g/mol. The van der Waals surface area contributed by atoms with Gasteiger partial charge in [-0.2, -0.15) is 0 Å². The van der Waals surface area contributed by atoms with Crippen LogP contribution in [0.25, 0.3) is 0 Å². The van der Waals surface area contributed by atoms with Gasteiger partial charge in [-0.1, -0.05) is 36.4 Å². The van der Waals surface area contributed by atoms with E-state index in [9.17, 15) is 9.59 Å². The van der Waals surface area contributed by atoms with Crippen LogP contribution in [0.5, 0.6) is 0 Å². The second kappa shape index (κ2) is 9.71. The number of rotatable bonds is 8. The zero-order valence-corrected chi connectivity index (χ0v) is 16.0. The highest BCUT2D eigenvalue weighted by molar-refractivity contribution is 7.12. The molecule has 0 spiro atoms. The molecule has 7 heteroatoms. The molecule has 2 atom stereocenters. The Labute approximate surface area is 163 Å². The Kier molecular flexibility index (Phi) is 7.63. The number of benzene rings is 1. The van der Waals surface area contributed by atoms with Gasteiger partial charge in [-0.15, -0.1) is 23.7 Å². The van der Waals surface area contributed by atoms with Crippen LogP contribution in [0.4, 0.5) is 0 Å². The van der Waals surface area contributed by atoms with Crippen LogP contribution in [-0.2, 0) is 11.2 Å². The van der Waals surface area contributed by atoms with Crippen molar-refractivity contribution >= 4 is 35.6 Å². The molecule has 1 aromatic heterocycles. The molecule has 1 heterocycles. The maximum Gasteiger partial charge on any atom is 0.262 e. The van der Waals surface area contributed by atoms with Gasteiger partial charge in [0.1, 0.15) is 6.04 Å². The summed E-state index contributed by atoms with van der Waals surface area (Å²) >= 11 is 1.36. The molecule has 26 heavy (non-hydrogen) atoms. The molecular formula is C19H24ClN3O2S. The summed E-state index contributed by atoms with van der Waals surface area (Å²) in [5.74, 6) is 0.0808. The molecule has 1 saturated carbocycles. The van der Waals surface area contributed by atoms with Crippen LogP contribution >= 0.6 is 23.7 Å². The zero-order valence-electron chi connectivity index (χ0n) is 14.4. The minimum atomic E-state index is -0.621. The second-order valence-corrected chi connectivity index (χ2v) is 7.33. The molecule has 2 aromatic rings. The van der Waals surface area contributed by atoms with Gasteiger partial charge in [0.15, 0.2) is 0 Å². The van der Waals surface area contributed by atoms with Gasteiger partial charge in [0.25, 0.3) is 5.91 Å². The molecule has 2 amide bonds. The number of thiophene rings is 1. The number of halogens is 1. The molecule has 1 aromatic carbocycles. The fourth-order valence-electron chi connectivity index (χ4n) is 2.85. The number of hydrogen-bond acceptors (Lipinski definition) is 4. The van der Waals surface area contributed by atoms with E-state index >= 15 is 0 Å². The van der Waals surface area contributed by atoms with Crippen molar-refractivity contribution in [3.63, 3.8) is 0 Å². The van der Waals surface area contributed by atoms with Gasteiger partial charge in [-0.05, 0) is 35.8 Å². The van der Waals surface area contributed by atoms with Crippen molar-refractivity contribution < 1.29 is 9.59 Å². The topological polar surface area (TPSA) is 84.2 Å². The molecule has 5 nitrogen and oxygen atoms in total. The van der Waals surface area contributed by atoms with Crippen molar-refractivity contribution in [3.05, 3.63) is 58.3 Å². The quantitative estimate of drug-likeness (QED) is 0.643. The fourth-order valence-corrected chi connectivity index (χ4v) is 3.47. The first-order chi connectivity index (χ1) is 12.2. The molecule has 1 aliphatic rings. The normalized spacial score (nSPS) is 15.4. The van der Waals surface area contributed by atoms with Crippen LogP contribution in [0.2, 0.25) is 0 Å². The third kappa shape index (κ3) is 5.56. The van der Waals surface area contributed by atoms with Crippen molar-refractivity contribution in [1.82, 2.24) is 10.6 Å². The summed E-state index contributed by atoms with van der Waals surface area (Å²) < 4.78 is 0. The SMILES string of the molecule is Cl.NCC(NC(=O)C(Cc1ccccc1)NC(=O)c1cccs1)C1CC1. The number of amides is 2. The first kappa shape index (κ1) is 20.4. The maximum atomic E-state index is 12.8. The average Bonchev–Trinajstić information content (AvgIpc) is 3.32. The van der Waals surface area contributed by atoms with E-state index in [0.717, 1.165) is 18.4 Å². The maximum absolute atomic E-state index is 12.8. The van der Waals surface area contributed by atoms with Crippen LogP contribution in [0.15, 0.2) is 47.8 Å². The third-order valence-corrected chi connectivity index (χ3v) is 5.29. The molecular weight excluding hydrogens is 370 g/mol. The van der Waals surface area contributed by atoms with Crippen molar-refractivity contribution in [2.24, 2.45) is 11.7 Å². The summed E-state index contributed by atoms with van der Waals surface area (Å²) in [5, 5.41) is 7.75. The molecule has 1 fully saturated rings. The Morgan fingerprint density at radius 1 is 1.12 bits per heavy atom. The lowest BCUT2D eigenvalue weighted by molar-refractivity contribution is -0.123. The summed E-state index contributed by atoms with van der Waals surface area (Å²) in [5.41, 5.74) is 6.80. The highest BCUT2D eigenvalue weighted by Gasteiger charge is 2.33. The minimum absolute atomic E-state index is 0. The number of hydrogen-bond donors (Lipinski definition) is 3. The molecule has 3 rings (SSSR count). The summed E-state index contributed by atoms with van der Waals surface area (Å²) in [7, 11) is 0. The molecule has 0 aliphatic heterocycles. The van der Waals surface area contributed by atoms with E-state index in [-0.39, 0.29) is 30.3 Å². The van der Waals surface area contributed by atoms with Gasteiger partial charge >= 0.3 is 0 Å². The van der Waals surface area contributed by atoms with Gasteiger partial charge in [-0.25, -0.2) is 0 Å². The highest BCUT2D eigenvalue weighted by atomic mass is 35.5. The van der Waals surface area contributed by atoms with Crippen LogP contribution in [0.1, 0.15) is 28.1 Å². The van der Waals surface area contributed by atoms with Gasteiger partial charge in [0.2, 0.25) is 5.91 Å². The Bertz CT molecular complexity index is 705. The molecule has 0 radical (unpaired) electrons. The molecule has 2 unspecified atom stereocenters. The van der Waals surface area contributed by atoms with Crippen molar-refractivity contribution in [2.45, 2.75) is 31.3 Å². The lowest BCUT2D eigenvalue weighted by Crippen LogP contribution is -2.52. The van der Waals surface area contributed by atoms with Crippen LogP contribution in [0, 0.1) is 5.92 Å². The lowest BCUT2D eigenvalue weighted by atomic mass is 10.0. The predicted octanol–water partition coefficient (Wildman–Crippen LogP) is 2.36. The molecule has 0 saturated heterocycles. The Morgan fingerprint density at radius 2 is 1.85 bits per heavy atom. The summed E-state index contributed by atoms with van der Waals surface area (Å²) in [6.45, 7) is 0.424. The Hall–Kier alpha value is -1.89. The lowest BCUT2D eigenvalue weighted by Gasteiger charge is -2.22. The van der Waals surface area contributed by atoms with E-state index in [1.807, 2.05) is 41.8 Å². The number of nitrogens with one attached hydrogen (secondary N) is 2. The van der Waals surface area contributed by atoms with Crippen molar-refractivity contribution in [2.75, 3.05) is 6.54 Å². The van der Waals surface area contributed by atoms with Gasteiger partial charge < -0.3 is 16.4 Å². The Balaban J connectivity index is 0.00000243. The van der Waals surface area contributed by atoms with Gasteiger partial charge in [0, 0.05) is 19.0 Å².